The number of rotatable bonds is 11. The van der Waals surface area contributed by atoms with E-state index < -0.39 is 29.7 Å². The largest absolute Gasteiger partial charge is 0.419 e. The lowest BCUT2D eigenvalue weighted by molar-refractivity contribution is -0.132. The molecular formula is C40H33FO8. The molecule has 0 heterocycles. The normalized spacial score (nSPS) is 10.4. The minimum absolute atomic E-state index is 0.00727. The van der Waals surface area contributed by atoms with Crippen LogP contribution in [0.5, 0.6) is 23.0 Å². The second kappa shape index (κ2) is 15.0. The fraction of sp³-hybridized carbons (Fsp3) is 0.100. The summed E-state index contributed by atoms with van der Waals surface area (Å²) in [5.41, 5.74) is 3.88. The third-order valence-electron chi connectivity index (χ3n) is 6.92. The van der Waals surface area contributed by atoms with Crippen molar-refractivity contribution >= 4 is 23.9 Å². The number of benzene rings is 4. The summed E-state index contributed by atoms with van der Waals surface area (Å²) in [6.45, 7) is 20.2. The van der Waals surface area contributed by atoms with Gasteiger partial charge in [0.25, 0.3) is 0 Å². The third-order valence-corrected chi connectivity index (χ3v) is 6.92. The third kappa shape index (κ3) is 8.72. The first-order valence-electron chi connectivity index (χ1n) is 14.8. The topological polar surface area (TPSA) is 105 Å². The highest BCUT2D eigenvalue weighted by molar-refractivity contribution is 5.92. The zero-order valence-electron chi connectivity index (χ0n) is 27.5. The standard InChI is InChI=1S/C40H33FO8/c1-22(2)37(42)46-33-17-14-29(20-35(33)48-39(44)24(5)6)26-9-11-27(12-10-26)31-16-13-28(19-32(31)41)30-15-18-34(47-38(43)23(3)4)36(21-30)49-40(45)25(7)8/h9-21H,1,3,5,7H2,2,4,6,8H3. The van der Waals surface area contributed by atoms with Gasteiger partial charge in [0.2, 0.25) is 0 Å². The molecule has 8 nitrogen and oxygen atoms in total. The first kappa shape index (κ1) is 35.5. The summed E-state index contributed by atoms with van der Waals surface area (Å²) < 4.78 is 37.0. The average Bonchev–Trinajstić information content (AvgIpc) is 3.06. The highest BCUT2D eigenvalue weighted by Crippen LogP contribution is 2.37. The van der Waals surface area contributed by atoms with E-state index in [-0.39, 0.29) is 45.3 Å². The predicted octanol–water partition coefficient (Wildman–Crippen LogP) is 8.75. The maximum Gasteiger partial charge on any atom is 0.338 e. The summed E-state index contributed by atoms with van der Waals surface area (Å²) in [6.07, 6.45) is 0. The SMILES string of the molecule is C=C(C)C(=O)Oc1ccc(-c2ccc(-c3ccc(-c4ccc(OC(=O)C(=C)C)c(OC(=O)C(=C)C)c4)cc3F)cc2)cc1OC(=O)C(=C)C. The molecule has 9 heteroatoms. The number of carbonyl (C=O) groups is 4. The molecule has 0 amide bonds. The van der Waals surface area contributed by atoms with Crippen LogP contribution in [-0.2, 0) is 19.2 Å². The smallest absolute Gasteiger partial charge is 0.338 e. The number of carbonyl (C=O) groups excluding carboxylic acids is 4. The molecule has 0 saturated carbocycles. The van der Waals surface area contributed by atoms with E-state index in [1.807, 2.05) is 0 Å². The molecule has 0 spiro atoms. The molecule has 0 fully saturated rings. The van der Waals surface area contributed by atoms with E-state index in [1.54, 1.807) is 54.6 Å². The van der Waals surface area contributed by atoms with Crippen LogP contribution < -0.4 is 18.9 Å². The molecule has 0 aromatic heterocycles. The van der Waals surface area contributed by atoms with E-state index >= 15 is 4.39 Å². The van der Waals surface area contributed by atoms with E-state index in [0.29, 0.717) is 27.8 Å². The molecule has 248 valence electrons. The number of halogens is 1. The number of hydrogen-bond donors (Lipinski definition) is 0. The summed E-state index contributed by atoms with van der Waals surface area (Å²) in [7, 11) is 0. The Morgan fingerprint density at radius 1 is 0.429 bits per heavy atom. The van der Waals surface area contributed by atoms with Gasteiger partial charge in [0, 0.05) is 27.9 Å². The van der Waals surface area contributed by atoms with Gasteiger partial charge >= 0.3 is 23.9 Å². The molecule has 0 atom stereocenters. The quantitative estimate of drug-likeness (QED) is 0.0894. The molecule has 0 N–H and O–H groups in total. The van der Waals surface area contributed by atoms with Gasteiger partial charge in [-0.1, -0.05) is 74.8 Å². The zero-order valence-corrected chi connectivity index (χ0v) is 27.5. The van der Waals surface area contributed by atoms with Crippen molar-refractivity contribution in [1.29, 1.82) is 0 Å². The van der Waals surface area contributed by atoms with Crippen LogP contribution in [0.4, 0.5) is 4.39 Å². The van der Waals surface area contributed by atoms with Gasteiger partial charge < -0.3 is 18.9 Å². The van der Waals surface area contributed by atoms with E-state index in [1.165, 1.54) is 52.0 Å². The van der Waals surface area contributed by atoms with Gasteiger partial charge in [0.1, 0.15) is 5.82 Å². The minimum atomic E-state index is -0.721. The van der Waals surface area contributed by atoms with Crippen molar-refractivity contribution in [3.8, 4) is 56.4 Å². The first-order chi connectivity index (χ1) is 23.1. The molecule has 0 bridgehead atoms. The summed E-state index contributed by atoms with van der Waals surface area (Å²) in [6, 6.07) is 21.0. The lowest BCUT2D eigenvalue weighted by Crippen LogP contribution is -2.12. The Hall–Kier alpha value is -6.35. The van der Waals surface area contributed by atoms with Crippen molar-refractivity contribution < 1.29 is 42.5 Å². The molecule has 0 saturated heterocycles. The molecular weight excluding hydrogens is 627 g/mol. The average molecular weight is 661 g/mol. The van der Waals surface area contributed by atoms with Crippen LogP contribution in [0.25, 0.3) is 33.4 Å². The Labute approximate surface area is 283 Å². The summed E-state index contributed by atoms with van der Waals surface area (Å²) >= 11 is 0. The zero-order chi connectivity index (χ0) is 36.0. The molecule has 0 aliphatic heterocycles. The van der Waals surface area contributed by atoms with E-state index in [9.17, 15) is 19.2 Å². The van der Waals surface area contributed by atoms with Crippen molar-refractivity contribution in [1.82, 2.24) is 0 Å². The highest BCUT2D eigenvalue weighted by Gasteiger charge is 2.19. The van der Waals surface area contributed by atoms with Crippen LogP contribution in [0, 0.1) is 5.82 Å². The monoisotopic (exact) mass is 660 g/mol. The Morgan fingerprint density at radius 2 is 0.735 bits per heavy atom. The van der Waals surface area contributed by atoms with Crippen molar-refractivity contribution in [2.45, 2.75) is 27.7 Å². The van der Waals surface area contributed by atoms with Crippen molar-refractivity contribution in [2.75, 3.05) is 0 Å². The Morgan fingerprint density at radius 3 is 1.12 bits per heavy atom. The van der Waals surface area contributed by atoms with Crippen LogP contribution in [0.2, 0.25) is 0 Å². The molecule has 4 aromatic rings. The van der Waals surface area contributed by atoms with Gasteiger partial charge in [0.15, 0.2) is 23.0 Å². The Bertz CT molecular complexity index is 2050. The second-order valence-corrected chi connectivity index (χ2v) is 11.3. The predicted molar refractivity (Wildman–Crippen MR) is 185 cm³/mol. The molecule has 0 aliphatic rings. The van der Waals surface area contributed by atoms with Crippen molar-refractivity contribution in [2.24, 2.45) is 0 Å². The summed E-state index contributed by atoms with van der Waals surface area (Å²) in [5, 5.41) is 0. The summed E-state index contributed by atoms with van der Waals surface area (Å²) in [5.74, 6) is -3.29. The molecule has 0 unspecified atom stereocenters. The van der Waals surface area contributed by atoms with Gasteiger partial charge in [-0.3, -0.25) is 0 Å². The van der Waals surface area contributed by atoms with E-state index in [4.69, 9.17) is 18.9 Å². The lowest BCUT2D eigenvalue weighted by Gasteiger charge is -2.14. The van der Waals surface area contributed by atoms with Crippen LogP contribution in [0.1, 0.15) is 27.7 Å². The van der Waals surface area contributed by atoms with Crippen LogP contribution in [-0.4, -0.2) is 23.9 Å². The Kier molecular flexibility index (Phi) is 10.9. The fourth-order valence-corrected chi connectivity index (χ4v) is 4.22. The van der Waals surface area contributed by atoms with Gasteiger partial charge in [-0.25, -0.2) is 23.6 Å². The fourth-order valence-electron chi connectivity index (χ4n) is 4.22. The maximum absolute atomic E-state index is 15.6. The number of esters is 4. The van der Waals surface area contributed by atoms with E-state index in [0.717, 1.165) is 5.56 Å². The van der Waals surface area contributed by atoms with Gasteiger partial charge in [-0.15, -0.1) is 0 Å². The van der Waals surface area contributed by atoms with Gasteiger partial charge in [0.05, 0.1) is 0 Å². The van der Waals surface area contributed by atoms with Crippen molar-refractivity contribution in [3.63, 3.8) is 0 Å². The number of hydrogen-bond acceptors (Lipinski definition) is 8. The molecule has 0 radical (unpaired) electrons. The van der Waals surface area contributed by atoms with Crippen molar-refractivity contribution in [3.05, 3.63) is 133 Å². The van der Waals surface area contributed by atoms with Gasteiger partial charge in [-0.2, -0.15) is 0 Å². The highest BCUT2D eigenvalue weighted by atomic mass is 19.1. The molecule has 49 heavy (non-hydrogen) atoms. The van der Waals surface area contributed by atoms with Crippen LogP contribution in [0.15, 0.2) is 127 Å². The van der Waals surface area contributed by atoms with Gasteiger partial charge in [-0.05, 0) is 85.8 Å². The first-order valence-corrected chi connectivity index (χ1v) is 14.8. The van der Waals surface area contributed by atoms with E-state index in [2.05, 4.69) is 26.3 Å². The molecule has 4 aromatic carbocycles. The van der Waals surface area contributed by atoms with Crippen LogP contribution >= 0.6 is 0 Å². The maximum atomic E-state index is 15.6. The Balaban J connectivity index is 1.63. The molecule has 4 rings (SSSR count). The lowest BCUT2D eigenvalue weighted by atomic mass is 9.97. The second-order valence-electron chi connectivity index (χ2n) is 11.3. The summed E-state index contributed by atoms with van der Waals surface area (Å²) in [4.78, 5) is 48.8. The minimum Gasteiger partial charge on any atom is -0.419 e. The molecule has 0 aliphatic carbocycles. The number of ether oxygens (including phenoxy) is 4. The van der Waals surface area contributed by atoms with Crippen LogP contribution in [0.3, 0.4) is 0 Å².